The lowest BCUT2D eigenvalue weighted by Crippen LogP contribution is -2.23. The maximum atomic E-state index is 13.4. The SMILES string of the molecule is COc1nc(C)cc(=O)n1Cc1ccc(N)c(F)c1. The van der Waals surface area contributed by atoms with E-state index in [0.717, 1.165) is 0 Å². The van der Waals surface area contributed by atoms with Gasteiger partial charge in [0.15, 0.2) is 0 Å². The summed E-state index contributed by atoms with van der Waals surface area (Å²) in [6.07, 6.45) is 0. The van der Waals surface area contributed by atoms with Gasteiger partial charge in [-0.05, 0) is 24.6 Å². The molecule has 0 saturated heterocycles. The van der Waals surface area contributed by atoms with Gasteiger partial charge in [0.2, 0.25) is 0 Å². The van der Waals surface area contributed by atoms with E-state index in [0.29, 0.717) is 11.3 Å². The van der Waals surface area contributed by atoms with E-state index >= 15 is 0 Å². The van der Waals surface area contributed by atoms with Crippen LogP contribution < -0.4 is 16.0 Å². The molecule has 1 aromatic carbocycles. The number of nitrogens with two attached hydrogens (primary N) is 1. The number of anilines is 1. The van der Waals surface area contributed by atoms with E-state index < -0.39 is 5.82 Å². The zero-order valence-corrected chi connectivity index (χ0v) is 10.7. The number of aryl methyl sites for hydroxylation is 1. The highest BCUT2D eigenvalue weighted by Crippen LogP contribution is 2.14. The van der Waals surface area contributed by atoms with E-state index in [4.69, 9.17) is 10.5 Å². The third-order valence-corrected chi connectivity index (χ3v) is 2.69. The first-order valence-corrected chi connectivity index (χ1v) is 5.67. The van der Waals surface area contributed by atoms with Crippen molar-refractivity contribution in [2.75, 3.05) is 12.8 Å². The zero-order valence-electron chi connectivity index (χ0n) is 10.7. The highest BCUT2D eigenvalue weighted by atomic mass is 19.1. The standard InChI is InChI=1S/C13H14FN3O2/c1-8-5-12(18)17(13(16-8)19-2)7-9-3-4-11(15)10(14)6-9/h3-6H,7,15H2,1-2H3. The molecule has 19 heavy (non-hydrogen) atoms. The van der Waals surface area contributed by atoms with Gasteiger partial charge in [0.1, 0.15) is 5.82 Å². The third-order valence-electron chi connectivity index (χ3n) is 2.69. The number of benzene rings is 1. The monoisotopic (exact) mass is 263 g/mol. The molecule has 0 atom stereocenters. The summed E-state index contributed by atoms with van der Waals surface area (Å²) in [6.45, 7) is 1.88. The highest BCUT2D eigenvalue weighted by molar-refractivity contribution is 5.41. The fourth-order valence-electron chi connectivity index (χ4n) is 1.75. The molecule has 0 aliphatic rings. The summed E-state index contributed by atoms with van der Waals surface area (Å²) in [5.41, 5.74) is 6.41. The molecular weight excluding hydrogens is 249 g/mol. The van der Waals surface area contributed by atoms with Crippen LogP contribution in [0.5, 0.6) is 6.01 Å². The molecule has 2 aromatic rings. The number of hydrogen-bond acceptors (Lipinski definition) is 4. The Kier molecular flexibility index (Phi) is 3.50. The summed E-state index contributed by atoms with van der Waals surface area (Å²) >= 11 is 0. The Morgan fingerprint density at radius 3 is 2.79 bits per heavy atom. The minimum Gasteiger partial charge on any atom is -0.468 e. The molecule has 1 heterocycles. The average molecular weight is 263 g/mol. The zero-order chi connectivity index (χ0) is 14.0. The van der Waals surface area contributed by atoms with Crippen molar-refractivity contribution < 1.29 is 9.13 Å². The predicted molar refractivity (Wildman–Crippen MR) is 69.7 cm³/mol. The largest absolute Gasteiger partial charge is 0.468 e. The van der Waals surface area contributed by atoms with Crippen molar-refractivity contribution in [2.45, 2.75) is 13.5 Å². The molecule has 0 spiro atoms. The van der Waals surface area contributed by atoms with Gasteiger partial charge in [-0.1, -0.05) is 6.07 Å². The van der Waals surface area contributed by atoms with Gasteiger partial charge in [0, 0.05) is 11.8 Å². The maximum Gasteiger partial charge on any atom is 0.299 e. The van der Waals surface area contributed by atoms with Crippen LogP contribution in [0.2, 0.25) is 0 Å². The third kappa shape index (κ3) is 2.73. The molecule has 0 saturated carbocycles. The lowest BCUT2D eigenvalue weighted by molar-refractivity contribution is 0.349. The van der Waals surface area contributed by atoms with Gasteiger partial charge in [-0.3, -0.25) is 9.36 Å². The van der Waals surface area contributed by atoms with E-state index in [1.165, 1.54) is 29.9 Å². The van der Waals surface area contributed by atoms with E-state index in [1.807, 2.05) is 0 Å². The van der Waals surface area contributed by atoms with Crippen molar-refractivity contribution in [1.29, 1.82) is 0 Å². The van der Waals surface area contributed by atoms with Crippen molar-refractivity contribution in [3.63, 3.8) is 0 Å². The molecule has 2 N–H and O–H groups in total. The predicted octanol–water partition coefficient (Wildman–Crippen LogP) is 1.33. The molecule has 1 aromatic heterocycles. The van der Waals surface area contributed by atoms with Gasteiger partial charge < -0.3 is 10.5 Å². The summed E-state index contributed by atoms with van der Waals surface area (Å²) in [7, 11) is 1.43. The molecule has 0 aliphatic carbocycles. The molecular formula is C13H14FN3O2. The minimum atomic E-state index is -0.510. The van der Waals surface area contributed by atoms with Crippen molar-refractivity contribution in [1.82, 2.24) is 9.55 Å². The number of nitrogens with zero attached hydrogens (tertiary/aromatic N) is 2. The molecule has 0 radical (unpaired) electrons. The lowest BCUT2D eigenvalue weighted by Gasteiger charge is -2.11. The Morgan fingerprint density at radius 2 is 2.16 bits per heavy atom. The number of ether oxygens (including phenoxy) is 1. The molecule has 0 amide bonds. The summed E-state index contributed by atoms with van der Waals surface area (Å²) in [4.78, 5) is 16.0. The molecule has 0 fully saturated rings. The number of aromatic nitrogens is 2. The van der Waals surface area contributed by atoms with Crippen LogP contribution in [0.1, 0.15) is 11.3 Å². The van der Waals surface area contributed by atoms with Crippen molar-refractivity contribution >= 4 is 5.69 Å². The van der Waals surface area contributed by atoms with Crippen LogP contribution in [0.4, 0.5) is 10.1 Å². The highest BCUT2D eigenvalue weighted by Gasteiger charge is 2.09. The summed E-state index contributed by atoms with van der Waals surface area (Å²) in [5, 5.41) is 0. The van der Waals surface area contributed by atoms with Crippen LogP contribution in [0.25, 0.3) is 0 Å². The first-order valence-electron chi connectivity index (χ1n) is 5.67. The van der Waals surface area contributed by atoms with E-state index in [2.05, 4.69) is 4.98 Å². The number of rotatable bonds is 3. The van der Waals surface area contributed by atoms with Crippen molar-refractivity contribution in [2.24, 2.45) is 0 Å². The molecule has 0 bridgehead atoms. The van der Waals surface area contributed by atoms with Crippen LogP contribution in [0.15, 0.2) is 29.1 Å². The molecule has 6 heteroatoms. The maximum absolute atomic E-state index is 13.4. The molecule has 0 unspecified atom stereocenters. The molecule has 5 nitrogen and oxygen atoms in total. The van der Waals surface area contributed by atoms with Crippen molar-refractivity contribution in [3.05, 3.63) is 51.7 Å². The smallest absolute Gasteiger partial charge is 0.299 e. The number of hydrogen-bond donors (Lipinski definition) is 1. The van der Waals surface area contributed by atoms with Gasteiger partial charge in [-0.25, -0.2) is 9.37 Å². The molecule has 0 aliphatic heterocycles. The Labute approximate surface area is 109 Å². The van der Waals surface area contributed by atoms with Crippen LogP contribution in [-0.2, 0) is 6.54 Å². The quantitative estimate of drug-likeness (QED) is 0.848. The fourth-order valence-corrected chi connectivity index (χ4v) is 1.75. The van der Waals surface area contributed by atoms with Gasteiger partial charge in [-0.15, -0.1) is 0 Å². The van der Waals surface area contributed by atoms with E-state index in [9.17, 15) is 9.18 Å². The second-order valence-electron chi connectivity index (χ2n) is 4.16. The van der Waals surface area contributed by atoms with Gasteiger partial charge in [-0.2, -0.15) is 0 Å². The van der Waals surface area contributed by atoms with Crippen LogP contribution >= 0.6 is 0 Å². The normalized spacial score (nSPS) is 10.5. The topological polar surface area (TPSA) is 70.1 Å². The second-order valence-corrected chi connectivity index (χ2v) is 4.16. The van der Waals surface area contributed by atoms with Crippen LogP contribution in [-0.4, -0.2) is 16.7 Å². The minimum absolute atomic E-state index is 0.0742. The van der Waals surface area contributed by atoms with E-state index in [1.54, 1.807) is 13.0 Å². The lowest BCUT2D eigenvalue weighted by atomic mass is 10.2. The van der Waals surface area contributed by atoms with Gasteiger partial charge >= 0.3 is 0 Å². The fraction of sp³-hybridized carbons (Fsp3) is 0.231. The van der Waals surface area contributed by atoms with E-state index in [-0.39, 0.29) is 23.8 Å². The number of methoxy groups -OCH3 is 1. The molecule has 2 rings (SSSR count). The average Bonchev–Trinajstić information content (AvgIpc) is 2.36. The van der Waals surface area contributed by atoms with Crippen LogP contribution in [0, 0.1) is 12.7 Å². The van der Waals surface area contributed by atoms with Crippen molar-refractivity contribution in [3.8, 4) is 6.01 Å². The number of nitrogen functional groups attached to an aromatic ring is 1. The summed E-state index contributed by atoms with van der Waals surface area (Å²) < 4.78 is 19.8. The number of halogens is 1. The first-order chi connectivity index (χ1) is 9.01. The summed E-state index contributed by atoms with van der Waals surface area (Å²) in [5.74, 6) is -0.510. The van der Waals surface area contributed by atoms with Gasteiger partial charge in [0.25, 0.3) is 11.6 Å². The second kappa shape index (κ2) is 5.09. The Morgan fingerprint density at radius 1 is 1.42 bits per heavy atom. The molecule has 100 valence electrons. The summed E-state index contributed by atoms with van der Waals surface area (Å²) in [6, 6.07) is 6.01. The Balaban J connectivity index is 2.43. The van der Waals surface area contributed by atoms with Crippen LogP contribution in [0.3, 0.4) is 0 Å². The Bertz CT molecular complexity index is 667. The Hall–Kier alpha value is -2.37. The van der Waals surface area contributed by atoms with Gasteiger partial charge in [0.05, 0.1) is 19.3 Å². The first kappa shape index (κ1) is 13.1.